The van der Waals surface area contributed by atoms with Crippen LogP contribution in [-0.2, 0) is 22.4 Å². The number of alkyl halides is 1. The Labute approximate surface area is 139 Å². The zero-order chi connectivity index (χ0) is 15.5. The lowest BCUT2D eigenvalue weighted by atomic mass is 10.2. The van der Waals surface area contributed by atoms with Gasteiger partial charge in [0.15, 0.2) is 0 Å². The van der Waals surface area contributed by atoms with Crippen LogP contribution in [-0.4, -0.2) is 19.3 Å². The van der Waals surface area contributed by atoms with Crippen LogP contribution < -0.4 is 0 Å². The predicted octanol–water partition coefficient (Wildman–Crippen LogP) is 4.35. The maximum atomic E-state index is 12.8. The highest BCUT2D eigenvalue weighted by molar-refractivity contribution is 7.89. The van der Waals surface area contributed by atoms with Crippen LogP contribution in [0.4, 0.5) is 0 Å². The van der Waals surface area contributed by atoms with E-state index in [0.29, 0.717) is 13.1 Å². The normalized spacial score (nSPS) is 12.0. The van der Waals surface area contributed by atoms with E-state index in [4.69, 9.17) is 23.2 Å². The molecular formula is C14H15Cl2NO2S2. The quantitative estimate of drug-likeness (QED) is 0.715. The van der Waals surface area contributed by atoms with Gasteiger partial charge in [-0.1, -0.05) is 30.7 Å². The van der Waals surface area contributed by atoms with E-state index in [1.807, 2.05) is 24.4 Å². The average molecular weight is 364 g/mol. The van der Waals surface area contributed by atoms with E-state index in [1.165, 1.54) is 15.6 Å². The van der Waals surface area contributed by atoms with Gasteiger partial charge in [0.2, 0.25) is 10.0 Å². The summed E-state index contributed by atoms with van der Waals surface area (Å²) in [6.07, 6.45) is 0. The number of benzene rings is 1. The molecule has 7 heteroatoms. The highest BCUT2D eigenvalue weighted by Gasteiger charge is 2.26. The topological polar surface area (TPSA) is 37.4 Å². The second-order valence-electron chi connectivity index (χ2n) is 4.41. The molecular weight excluding hydrogens is 349 g/mol. The number of halogens is 2. The lowest BCUT2D eigenvalue weighted by Gasteiger charge is -2.20. The summed E-state index contributed by atoms with van der Waals surface area (Å²) in [5.74, 6) is 0.247. The summed E-state index contributed by atoms with van der Waals surface area (Å²) in [6, 6.07) is 8.66. The molecule has 0 unspecified atom stereocenters. The van der Waals surface area contributed by atoms with Crippen molar-refractivity contribution in [2.45, 2.75) is 24.2 Å². The molecule has 1 aromatic carbocycles. The lowest BCUT2D eigenvalue weighted by molar-refractivity contribution is 0.426. The standard InChI is InChI=1S/C14H15Cl2NO2S2/c1-2-17(10-12-4-3-7-20-12)21(18,19)14-8-11(9-15)5-6-13(14)16/h3-8H,2,9-10H2,1H3. The second kappa shape index (κ2) is 7.11. The summed E-state index contributed by atoms with van der Waals surface area (Å²) in [5, 5.41) is 2.14. The van der Waals surface area contributed by atoms with Gasteiger partial charge in [-0.15, -0.1) is 22.9 Å². The first-order valence-corrected chi connectivity index (χ1v) is 9.59. The maximum absolute atomic E-state index is 12.8. The van der Waals surface area contributed by atoms with Crippen molar-refractivity contribution in [2.24, 2.45) is 0 Å². The van der Waals surface area contributed by atoms with Crippen LogP contribution in [0.15, 0.2) is 40.6 Å². The van der Waals surface area contributed by atoms with Gasteiger partial charge in [0.05, 0.1) is 5.02 Å². The molecule has 21 heavy (non-hydrogen) atoms. The number of thiophene rings is 1. The molecule has 1 aromatic heterocycles. The van der Waals surface area contributed by atoms with Crippen molar-refractivity contribution in [2.75, 3.05) is 6.54 Å². The molecule has 2 rings (SSSR count). The number of rotatable bonds is 6. The van der Waals surface area contributed by atoms with Crippen LogP contribution in [0, 0.1) is 0 Å². The molecule has 1 heterocycles. The summed E-state index contributed by atoms with van der Waals surface area (Å²) >= 11 is 13.4. The third kappa shape index (κ3) is 3.79. The van der Waals surface area contributed by atoms with E-state index >= 15 is 0 Å². The van der Waals surface area contributed by atoms with Gasteiger partial charge in [0.25, 0.3) is 0 Å². The van der Waals surface area contributed by atoms with Gasteiger partial charge in [0, 0.05) is 23.8 Å². The van der Waals surface area contributed by atoms with Crippen molar-refractivity contribution in [1.82, 2.24) is 4.31 Å². The molecule has 0 spiro atoms. The van der Waals surface area contributed by atoms with Gasteiger partial charge in [-0.3, -0.25) is 0 Å². The smallest absolute Gasteiger partial charge is 0.207 e. The van der Waals surface area contributed by atoms with Gasteiger partial charge in [-0.2, -0.15) is 4.31 Å². The first-order chi connectivity index (χ1) is 9.98. The highest BCUT2D eigenvalue weighted by atomic mass is 35.5. The fraction of sp³-hybridized carbons (Fsp3) is 0.286. The Morgan fingerprint density at radius 1 is 1.29 bits per heavy atom. The molecule has 114 valence electrons. The molecule has 3 nitrogen and oxygen atoms in total. The lowest BCUT2D eigenvalue weighted by Crippen LogP contribution is -2.30. The van der Waals surface area contributed by atoms with Crippen molar-refractivity contribution in [1.29, 1.82) is 0 Å². The fourth-order valence-electron chi connectivity index (χ4n) is 1.91. The predicted molar refractivity (Wildman–Crippen MR) is 88.6 cm³/mol. The third-order valence-corrected chi connectivity index (χ3v) is 6.60. The largest absolute Gasteiger partial charge is 0.244 e. The van der Waals surface area contributed by atoms with Crippen LogP contribution in [0.5, 0.6) is 0 Å². The molecule has 0 aliphatic rings. The number of nitrogens with zero attached hydrogens (tertiary/aromatic N) is 1. The molecule has 0 atom stereocenters. The Morgan fingerprint density at radius 2 is 2.05 bits per heavy atom. The summed E-state index contributed by atoms with van der Waals surface area (Å²) in [4.78, 5) is 1.10. The van der Waals surface area contributed by atoms with Crippen LogP contribution in [0.3, 0.4) is 0 Å². The van der Waals surface area contributed by atoms with Crippen LogP contribution in [0.25, 0.3) is 0 Å². The van der Waals surface area contributed by atoms with E-state index < -0.39 is 10.0 Å². The van der Waals surface area contributed by atoms with Gasteiger partial charge in [-0.05, 0) is 29.1 Å². The Hall–Kier alpha value is -0.590. The summed E-state index contributed by atoms with van der Waals surface area (Å²) in [5.41, 5.74) is 0.729. The van der Waals surface area contributed by atoms with Crippen LogP contribution >= 0.6 is 34.5 Å². The van der Waals surface area contributed by atoms with Crippen molar-refractivity contribution in [3.8, 4) is 0 Å². The third-order valence-electron chi connectivity index (χ3n) is 3.03. The van der Waals surface area contributed by atoms with Crippen molar-refractivity contribution >= 4 is 44.6 Å². The van der Waals surface area contributed by atoms with E-state index in [0.717, 1.165) is 10.4 Å². The molecule has 0 N–H and O–H groups in total. The molecule has 0 fully saturated rings. The molecule has 0 radical (unpaired) electrons. The molecule has 0 saturated heterocycles. The van der Waals surface area contributed by atoms with E-state index in [-0.39, 0.29) is 15.8 Å². The Kier molecular flexibility index (Phi) is 5.68. The van der Waals surface area contributed by atoms with Gasteiger partial charge >= 0.3 is 0 Å². The Bertz CT molecular complexity index is 700. The van der Waals surface area contributed by atoms with E-state index in [9.17, 15) is 8.42 Å². The number of hydrogen-bond donors (Lipinski definition) is 0. The minimum atomic E-state index is -3.64. The highest BCUT2D eigenvalue weighted by Crippen LogP contribution is 2.28. The monoisotopic (exact) mass is 363 g/mol. The van der Waals surface area contributed by atoms with E-state index in [1.54, 1.807) is 18.2 Å². The molecule has 0 aliphatic carbocycles. The summed E-state index contributed by atoms with van der Waals surface area (Å²) in [7, 11) is -3.64. The van der Waals surface area contributed by atoms with E-state index in [2.05, 4.69) is 0 Å². The Balaban J connectivity index is 2.39. The molecule has 0 amide bonds. The zero-order valence-corrected chi connectivity index (χ0v) is 14.6. The average Bonchev–Trinajstić information content (AvgIpc) is 2.98. The zero-order valence-electron chi connectivity index (χ0n) is 11.4. The Morgan fingerprint density at radius 3 is 2.62 bits per heavy atom. The fourth-order valence-corrected chi connectivity index (χ4v) is 4.83. The minimum absolute atomic E-state index is 0.112. The van der Waals surface area contributed by atoms with Crippen molar-refractivity contribution in [3.05, 3.63) is 51.2 Å². The first kappa shape index (κ1) is 16.8. The van der Waals surface area contributed by atoms with Gasteiger partial charge < -0.3 is 0 Å². The SMILES string of the molecule is CCN(Cc1cccs1)S(=O)(=O)c1cc(CCl)ccc1Cl. The minimum Gasteiger partial charge on any atom is -0.207 e. The van der Waals surface area contributed by atoms with Crippen molar-refractivity contribution in [3.63, 3.8) is 0 Å². The summed E-state index contributed by atoms with van der Waals surface area (Å²) < 4.78 is 27.0. The number of hydrogen-bond acceptors (Lipinski definition) is 3. The molecule has 0 bridgehead atoms. The first-order valence-electron chi connectivity index (χ1n) is 6.36. The van der Waals surface area contributed by atoms with Crippen LogP contribution in [0.1, 0.15) is 17.4 Å². The van der Waals surface area contributed by atoms with Crippen molar-refractivity contribution < 1.29 is 8.42 Å². The van der Waals surface area contributed by atoms with Gasteiger partial charge in [-0.25, -0.2) is 8.42 Å². The second-order valence-corrected chi connectivity index (χ2v) is 8.02. The summed E-state index contributed by atoms with van der Waals surface area (Å²) in [6.45, 7) is 2.53. The molecule has 2 aromatic rings. The number of sulfonamides is 1. The van der Waals surface area contributed by atoms with Gasteiger partial charge in [0.1, 0.15) is 4.90 Å². The molecule has 0 aliphatic heterocycles. The van der Waals surface area contributed by atoms with Crippen LogP contribution in [0.2, 0.25) is 5.02 Å². The molecule has 0 saturated carbocycles. The maximum Gasteiger partial charge on any atom is 0.244 e.